The predicted octanol–water partition coefficient (Wildman–Crippen LogP) is 0.314. The summed E-state index contributed by atoms with van der Waals surface area (Å²) in [6.45, 7) is 3.86. The summed E-state index contributed by atoms with van der Waals surface area (Å²) in [6, 6.07) is 7.62. The Morgan fingerprint density at radius 3 is 2.33 bits per heavy atom. The Morgan fingerprint density at radius 1 is 1.19 bits per heavy atom. The van der Waals surface area contributed by atoms with Gasteiger partial charge in [0.1, 0.15) is 17.9 Å². The van der Waals surface area contributed by atoms with Crippen LogP contribution in [0.1, 0.15) is 31.9 Å². The minimum atomic E-state index is -1.07. The van der Waals surface area contributed by atoms with Gasteiger partial charge in [-0.05, 0) is 19.1 Å². The van der Waals surface area contributed by atoms with Crippen LogP contribution in [0.4, 0.5) is 5.69 Å². The van der Waals surface area contributed by atoms with Crippen molar-refractivity contribution in [1.82, 2.24) is 4.90 Å². The van der Waals surface area contributed by atoms with Crippen LogP contribution in [-0.2, 0) is 19.1 Å². The number of amides is 2. The van der Waals surface area contributed by atoms with E-state index in [4.69, 9.17) is 4.74 Å². The molecule has 0 spiro atoms. The summed E-state index contributed by atoms with van der Waals surface area (Å²) in [5.41, 5.74) is 0.918. The number of esters is 1. The zero-order valence-electron chi connectivity index (χ0n) is 16.6. The van der Waals surface area contributed by atoms with Crippen molar-refractivity contribution in [1.29, 1.82) is 0 Å². The maximum Gasteiger partial charge on any atom is 0.368 e. The third-order valence-corrected chi connectivity index (χ3v) is 6.03. The van der Waals surface area contributed by atoms with Gasteiger partial charge in [0.15, 0.2) is 0 Å². The second-order valence-electron chi connectivity index (χ2n) is 7.53. The number of likely N-dealkylation sites (tertiary alicyclic amines) is 1. The molecule has 7 nitrogen and oxygen atoms in total. The van der Waals surface area contributed by atoms with E-state index < -0.39 is 23.3 Å². The van der Waals surface area contributed by atoms with Crippen molar-refractivity contribution in [3.63, 3.8) is 0 Å². The van der Waals surface area contributed by atoms with Crippen LogP contribution in [0.5, 0.6) is 0 Å². The second kappa shape index (κ2) is 6.96. The smallest absolute Gasteiger partial charge is 0.368 e. The van der Waals surface area contributed by atoms with Gasteiger partial charge in [0.2, 0.25) is 17.4 Å². The van der Waals surface area contributed by atoms with Crippen molar-refractivity contribution >= 4 is 23.5 Å². The van der Waals surface area contributed by atoms with Crippen molar-refractivity contribution in [2.75, 3.05) is 32.6 Å². The monoisotopic (exact) mass is 374 g/mol. The van der Waals surface area contributed by atoms with Gasteiger partial charge in [-0.15, -0.1) is 0 Å². The van der Waals surface area contributed by atoms with E-state index in [9.17, 15) is 14.4 Å². The number of fused-ring (bicyclic) bond motifs is 1. The lowest BCUT2D eigenvalue weighted by molar-refractivity contribution is -0.734. The van der Waals surface area contributed by atoms with E-state index in [1.807, 2.05) is 55.5 Å². The van der Waals surface area contributed by atoms with Gasteiger partial charge in [-0.25, -0.2) is 4.79 Å². The molecule has 146 valence electrons. The molecule has 2 aliphatic heterocycles. The fraction of sp³-hybridized carbons (Fsp3) is 0.550. The number of hydrogen-bond donors (Lipinski definition) is 1. The van der Waals surface area contributed by atoms with Gasteiger partial charge in [0.25, 0.3) is 0 Å². The van der Waals surface area contributed by atoms with E-state index in [1.165, 1.54) is 11.9 Å². The van der Waals surface area contributed by atoms with Gasteiger partial charge < -0.3 is 15.0 Å². The van der Waals surface area contributed by atoms with E-state index in [0.717, 1.165) is 11.3 Å². The van der Waals surface area contributed by atoms with Crippen LogP contribution in [-0.4, -0.2) is 56.0 Å². The molecule has 2 fully saturated rings. The van der Waals surface area contributed by atoms with E-state index in [1.54, 1.807) is 6.92 Å². The van der Waals surface area contributed by atoms with E-state index >= 15 is 0 Å². The Kier molecular flexibility index (Phi) is 4.99. The molecule has 1 aromatic rings. The Labute approximate surface area is 159 Å². The van der Waals surface area contributed by atoms with Crippen LogP contribution in [0.25, 0.3) is 0 Å². The lowest BCUT2D eigenvalue weighted by Gasteiger charge is -2.28. The first-order chi connectivity index (χ1) is 12.8. The number of anilines is 1. The van der Waals surface area contributed by atoms with Crippen molar-refractivity contribution in [2.24, 2.45) is 11.8 Å². The van der Waals surface area contributed by atoms with Gasteiger partial charge in [0.05, 0.1) is 6.61 Å². The maximum absolute atomic E-state index is 12.9. The average Bonchev–Trinajstić information content (AvgIpc) is 3.12. The Balaban J connectivity index is 2.06. The first-order valence-corrected chi connectivity index (χ1v) is 9.40. The van der Waals surface area contributed by atoms with Gasteiger partial charge in [-0.3, -0.25) is 14.5 Å². The number of quaternary nitrogens is 1. The molecule has 4 atom stereocenters. The molecular weight excluding hydrogens is 346 g/mol. The Bertz CT molecular complexity index is 761. The summed E-state index contributed by atoms with van der Waals surface area (Å²) in [5.74, 6) is -2.17. The standard InChI is InChI=1S/C20H27N3O4/c1-6-20(19(26)27-7-2)15-14(17(24)23(5)18(15)25)16(21-20)12-8-10-13(11-9-12)22(3)4/h8-11,14-16,21H,6-7H2,1-5H3/p+1/t14-,15-,16-,20+/m0/s1. The van der Waals surface area contributed by atoms with Crippen LogP contribution < -0.4 is 10.2 Å². The minimum Gasteiger partial charge on any atom is -0.461 e. The minimum absolute atomic E-state index is 0.220. The number of benzene rings is 1. The van der Waals surface area contributed by atoms with Crippen molar-refractivity contribution < 1.29 is 24.4 Å². The third-order valence-electron chi connectivity index (χ3n) is 6.03. The highest BCUT2D eigenvalue weighted by atomic mass is 16.5. The largest absolute Gasteiger partial charge is 0.461 e. The Hall–Kier alpha value is -2.41. The van der Waals surface area contributed by atoms with E-state index in [-0.39, 0.29) is 24.5 Å². The van der Waals surface area contributed by atoms with E-state index in [2.05, 4.69) is 0 Å². The zero-order chi connectivity index (χ0) is 19.9. The van der Waals surface area contributed by atoms with Crippen LogP contribution in [0, 0.1) is 11.8 Å². The molecule has 7 heteroatoms. The fourth-order valence-electron chi connectivity index (χ4n) is 4.51. The maximum atomic E-state index is 12.9. The Morgan fingerprint density at radius 2 is 1.81 bits per heavy atom. The highest BCUT2D eigenvalue weighted by Gasteiger charge is 2.71. The lowest BCUT2D eigenvalue weighted by atomic mass is 9.78. The van der Waals surface area contributed by atoms with Crippen LogP contribution in [0.3, 0.4) is 0 Å². The number of rotatable bonds is 5. The normalized spacial score (nSPS) is 29.8. The molecule has 0 saturated carbocycles. The first kappa shape index (κ1) is 19.4. The number of ether oxygens (including phenoxy) is 1. The molecule has 2 aliphatic rings. The average molecular weight is 374 g/mol. The lowest BCUT2D eigenvalue weighted by Crippen LogP contribution is -2.98. The second-order valence-corrected chi connectivity index (χ2v) is 7.53. The molecule has 0 radical (unpaired) electrons. The summed E-state index contributed by atoms with van der Waals surface area (Å²) >= 11 is 0. The molecular formula is C20H28N3O4+. The van der Waals surface area contributed by atoms with Crippen molar-refractivity contribution in [3.05, 3.63) is 29.8 Å². The highest BCUT2D eigenvalue weighted by Crippen LogP contribution is 2.45. The zero-order valence-corrected chi connectivity index (χ0v) is 16.6. The number of nitrogens with zero attached hydrogens (tertiary/aromatic N) is 2. The summed E-state index contributed by atoms with van der Waals surface area (Å²) < 4.78 is 5.32. The summed E-state index contributed by atoms with van der Waals surface area (Å²) in [4.78, 5) is 41.8. The molecule has 0 aromatic heterocycles. The van der Waals surface area contributed by atoms with Crippen LogP contribution in [0.15, 0.2) is 24.3 Å². The van der Waals surface area contributed by atoms with E-state index in [0.29, 0.717) is 6.42 Å². The topological polar surface area (TPSA) is 83.5 Å². The molecule has 27 heavy (non-hydrogen) atoms. The fourth-order valence-corrected chi connectivity index (χ4v) is 4.51. The van der Waals surface area contributed by atoms with Crippen LogP contribution in [0.2, 0.25) is 0 Å². The quantitative estimate of drug-likeness (QED) is 0.593. The summed E-state index contributed by atoms with van der Waals surface area (Å²) in [7, 11) is 5.42. The predicted molar refractivity (Wildman–Crippen MR) is 99.8 cm³/mol. The summed E-state index contributed by atoms with van der Waals surface area (Å²) in [5, 5.41) is 1.90. The highest BCUT2D eigenvalue weighted by molar-refractivity contribution is 6.08. The molecule has 2 heterocycles. The van der Waals surface area contributed by atoms with Gasteiger partial charge in [-0.1, -0.05) is 19.1 Å². The van der Waals surface area contributed by atoms with Gasteiger partial charge in [-0.2, -0.15) is 0 Å². The number of carbonyl (C=O) groups excluding carboxylic acids is 3. The molecule has 3 rings (SSSR count). The molecule has 2 N–H and O–H groups in total. The van der Waals surface area contributed by atoms with Crippen molar-refractivity contribution in [2.45, 2.75) is 31.8 Å². The first-order valence-electron chi connectivity index (χ1n) is 9.40. The molecule has 1 aromatic carbocycles. The molecule has 0 unspecified atom stereocenters. The van der Waals surface area contributed by atoms with Gasteiger partial charge in [0, 0.05) is 38.8 Å². The molecule has 2 saturated heterocycles. The SMILES string of the molecule is CCOC(=O)[C@]1(CC)[NH2+][C@@H](c2ccc(N(C)C)cc2)[C@H]2C(=O)N(C)C(=O)[C@H]21. The summed E-state index contributed by atoms with van der Waals surface area (Å²) in [6.07, 6.45) is 0.423. The number of hydrogen-bond acceptors (Lipinski definition) is 5. The van der Waals surface area contributed by atoms with Crippen molar-refractivity contribution in [3.8, 4) is 0 Å². The number of carbonyl (C=O) groups is 3. The molecule has 0 bridgehead atoms. The van der Waals surface area contributed by atoms with Crippen LogP contribution >= 0.6 is 0 Å². The molecule has 0 aliphatic carbocycles. The molecule has 2 amide bonds. The number of imide groups is 1. The number of nitrogens with two attached hydrogens (primary N) is 1. The third kappa shape index (κ3) is 2.81. The van der Waals surface area contributed by atoms with Gasteiger partial charge >= 0.3 is 5.97 Å².